The van der Waals surface area contributed by atoms with Gasteiger partial charge in [-0.15, -0.1) is 0 Å². The van der Waals surface area contributed by atoms with Crippen LogP contribution < -0.4 is 15.2 Å². The van der Waals surface area contributed by atoms with Crippen LogP contribution in [-0.2, 0) is 0 Å². The molecule has 0 heterocycles. The second kappa shape index (κ2) is 6.08. The number of ether oxygens (including phenoxy) is 2. The zero-order chi connectivity index (χ0) is 15.6. The Kier molecular flexibility index (Phi) is 4.41. The van der Waals surface area contributed by atoms with Crippen molar-refractivity contribution in [2.24, 2.45) is 0 Å². The normalized spacial score (nSPS) is 12.0. The average molecular weight is 285 g/mol. The van der Waals surface area contributed by atoms with Gasteiger partial charge in [-0.05, 0) is 48.2 Å². The molecule has 0 aromatic heterocycles. The number of benzene rings is 2. The number of aryl methyl sites for hydroxylation is 1. The van der Waals surface area contributed by atoms with E-state index in [9.17, 15) is 0 Å². The molecule has 2 aromatic rings. The molecule has 1 atom stereocenters. The fourth-order valence-electron chi connectivity index (χ4n) is 2.57. The van der Waals surface area contributed by atoms with E-state index in [4.69, 9.17) is 15.2 Å². The fourth-order valence-corrected chi connectivity index (χ4v) is 2.57. The van der Waals surface area contributed by atoms with Gasteiger partial charge in [0.05, 0.1) is 14.2 Å². The van der Waals surface area contributed by atoms with Crippen LogP contribution in [0.25, 0.3) is 0 Å². The van der Waals surface area contributed by atoms with E-state index >= 15 is 0 Å². The number of rotatable bonds is 4. The first-order chi connectivity index (χ1) is 9.97. The van der Waals surface area contributed by atoms with Crippen LogP contribution in [0, 0.1) is 13.8 Å². The van der Waals surface area contributed by atoms with E-state index in [2.05, 4.69) is 32.9 Å². The number of anilines is 1. The van der Waals surface area contributed by atoms with Crippen LogP contribution in [0.5, 0.6) is 11.5 Å². The third-order valence-electron chi connectivity index (χ3n) is 4.12. The van der Waals surface area contributed by atoms with Crippen molar-refractivity contribution in [1.82, 2.24) is 0 Å². The standard InChI is InChI=1S/C18H23NO2/c1-11-8-14(9-18(21-5)12(11)2)13(3)16-7-6-15(20-4)10-17(16)19/h6-10,13H,19H2,1-5H3. The third kappa shape index (κ3) is 2.97. The van der Waals surface area contributed by atoms with Crippen molar-refractivity contribution in [1.29, 1.82) is 0 Å². The van der Waals surface area contributed by atoms with Gasteiger partial charge < -0.3 is 15.2 Å². The molecule has 0 spiro atoms. The highest BCUT2D eigenvalue weighted by molar-refractivity contribution is 5.56. The highest BCUT2D eigenvalue weighted by Gasteiger charge is 2.15. The maximum absolute atomic E-state index is 6.16. The van der Waals surface area contributed by atoms with E-state index in [1.165, 1.54) is 16.7 Å². The second-order valence-electron chi connectivity index (χ2n) is 5.38. The lowest BCUT2D eigenvalue weighted by molar-refractivity contribution is 0.410. The molecule has 0 amide bonds. The molecule has 1 unspecified atom stereocenters. The highest BCUT2D eigenvalue weighted by Crippen LogP contribution is 2.34. The largest absolute Gasteiger partial charge is 0.497 e. The van der Waals surface area contributed by atoms with Crippen LogP contribution in [0.2, 0.25) is 0 Å². The monoisotopic (exact) mass is 285 g/mol. The molecule has 0 radical (unpaired) electrons. The summed E-state index contributed by atoms with van der Waals surface area (Å²) in [5.41, 5.74) is 11.6. The molecule has 0 aliphatic rings. The summed E-state index contributed by atoms with van der Waals surface area (Å²) in [6, 6.07) is 10.1. The first kappa shape index (κ1) is 15.2. The molecule has 2 aromatic carbocycles. The smallest absolute Gasteiger partial charge is 0.122 e. The second-order valence-corrected chi connectivity index (χ2v) is 5.38. The van der Waals surface area contributed by atoms with E-state index in [-0.39, 0.29) is 5.92 Å². The Balaban J connectivity index is 2.44. The minimum Gasteiger partial charge on any atom is -0.497 e. The minimum atomic E-state index is 0.198. The molecule has 0 fully saturated rings. The maximum atomic E-state index is 6.16. The highest BCUT2D eigenvalue weighted by atomic mass is 16.5. The van der Waals surface area contributed by atoms with Crippen LogP contribution in [0.3, 0.4) is 0 Å². The van der Waals surface area contributed by atoms with Crippen LogP contribution in [0.1, 0.15) is 35.1 Å². The van der Waals surface area contributed by atoms with E-state index in [0.29, 0.717) is 0 Å². The van der Waals surface area contributed by atoms with Crippen molar-refractivity contribution in [3.63, 3.8) is 0 Å². The van der Waals surface area contributed by atoms with Gasteiger partial charge in [-0.2, -0.15) is 0 Å². The van der Waals surface area contributed by atoms with Crippen LogP contribution >= 0.6 is 0 Å². The van der Waals surface area contributed by atoms with Gasteiger partial charge >= 0.3 is 0 Å². The number of methoxy groups -OCH3 is 2. The summed E-state index contributed by atoms with van der Waals surface area (Å²) >= 11 is 0. The van der Waals surface area contributed by atoms with Gasteiger partial charge in [0.1, 0.15) is 11.5 Å². The lowest BCUT2D eigenvalue weighted by atomic mass is 9.89. The molecule has 2 N–H and O–H groups in total. The lowest BCUT2D eigenvalue weighted by Crippen LogP contribution is -2.03. The number of nitrogens with two attached hydrogens (primary N) is 1. The Morgan fingerprint density at radius 3 is 2.29 bits per heavy atom. The number of nitrogen functional groups attached to an aromatic ring is 1. The van der Waals surface area contributed by atoms with Gasteiger partial charge in [0.2, 0.25) is 0 Å². The van der Waals surface area contributed by atoms with E-state index < -0.39 is 0 Å². The topological polar surface area (TPSA) is 44.5 Å². The first-order valence-corrected chi connectivity index (χ1v) is 7.06. The van der Waals surface area contributed by atoms with E-state index in [0.717, 1.165) is 22.7 Å². The Morgan fingerprint density at radius 2 is 1.71 bits per heavy atom. The minimum absolute atomic E-state index is 0.198. The van der Waals surface area contributed by atoms with Gasteiger partial charge in [-0.25, -0.2) is 0 Å². The lowest BCUT2D eigenvalue weighted by Gasteiger charge is -2.18. The average Bonchev–Trinajstić information content (AvgIpc) is 2.49. The molecule has 21 heavy (non-hydrogen) atoms. The maximum Gasteiger partial charge on any atom is 0.122 e. The Hall–Kier alpha value is -2.16. The summed E-state index contributed by atoms with van der Waals surface area (Å²) in [6.45, 7) is 6.33. The van der Waals surface area contributed by atoms with Crippen molar-refractivity contribution >= 4 is 5.69 Å². The van der Waals surface area contributed by atoms with Gasteiger partial charge in [-0.3, -0.25) is 0 Å². The first-order valence-electron chi connectivity index (χ1n) is 7.06. The summed E-state index contributed by atoms with van der Waals surface area (Å²) in [5.74, 6) is 1.90. The summed E-state index contributed by atoms with van der Waals surface area (Å²) in [6.07, 6.45) is 0. The molecular formula is C18H23NO2. The van der Waals surface area contributed by atoms with Crippen molar-refractivity contribution in [3.8, 4) is 11.5 Å². The summed E-state index contributed by atoms with van der Waals surface area (Å²) < 4.78 is 10.7. The predicted molar refractivity (Wildman–Crippen MR) is 87.4 cm³/mol. The molecular weight excluding hydrogens is 262 g/mol. The third-order valence-corrected chi connectivity index (χ3v) is 4.12. The molecule has 0 aliphatic heterocycles. The van der Waals surface area contributed by atoms with Crippen molar-refractivity contribution in [2.75, 3.05) is 20.0 Å². The molecule has 112 valence electrons. The summed E-state index contributed by atoms with van der Waals surface area (Å²) in [7, 11) is 3.35. The van der Waals surface area contributed by atoms with Gasteiger partial charge in [0.15, 0.2) is 0 Å². The van der Waals surface area contributed by atoms with Crippen LogP contribution in [-0.4, -0.2) is 14.2 Å². The predicted octanol–water partition coefficient (Wildman–Crippen LogP) is 4.05. The molecule has 0 bridgehead atoms. The van der Waals surface area contributed by atoms with E-state index in [1.54, 1.807) is 14.2 Å². The quantitative estimate of drug-likeness (QED) is 0.862. The van der Waals surface area contributed by atoms with E-state index in [1.807, 2.05) is 18.2 Å². The number of hydrogen-bond acceptors (Lipinski definition) is 3. The van der Waals surface area contributed by atoms with Crippen molar-refractivity contribution < 1.29 is 9.47 Å². The number of hydrogen-bond donors (Lipinski definition) is 1. The van der Waals surface area contributed by atoms with Gasteiger partial charge in [0, 0.05) is 17.7 Å². The SMILES string of the molecule is COc1ccc(C(C)c2cc(C)c(C)c(OC)c2)c(N)c1. The fraction of sp³-hybridized carbons (Fsp3) is 0.333. The summed E-state index contributed by atoms with van der Waals surface area (Å²) in [5, 5.41) is 0. The van der Waals surface area contributed by atoms with Crippen molar-refractivity contribution in [2.45, 2.75) is 26.7 Å². The summed E-state index contributed by atoms with van der Waals surface area (Å²) in [4.78, 5) is 0. The zero-order valence-corrected chi connectivity index (χ0v) is 13.4. The van der Waals surface area contributed by atoms with Gasteiger partial charge in [-0.1, -0.05) is 19.1 Å². The van der Waals surface area contributed by atoms with Crippen LogP contribution in [0.15, 0.2) is 30.3 Å². The molecule has 0 saturated carbocycles. The molecule has 0 saturated heterocycles. The van der Waals surface area contributed by atoms with Crippen molar-refractivity contribution in [3.05, 3.63) is 52.6 Å². The molecule has 3 heteroatoms. The molecule has 0 aliphatic carbocycles. The molecule has 3 nitrogen and oxygen atoms in total. The molecule has 2 rings (SSSR count). The Bertz CT molecular complexity index is 650. The van der Waals surface area contributed by atoms with Gasteiger partial charge in [0.25, 0.3) is 0 Å². The zero-order valence-electron chi connectivity index (χ0n) is 13.4. The van der Waals surface area contributed by atoms with Crippen LogP contribution in [0.4, 0.5) is 5.69 Å². The Morgan fingerprint density at radius 1 is 1.00 bits per heavy atom. The Labute approximate surface area is 126 Å².